The first-order chi connectivity index (χ1) is 17.6. The summed E-state index contributed by atoms with van der Waals surface area (Å²) in [6.07, 6.45) is 4.10. The highest BCUT2D eigenvalue weighted by Crippen LogP contribution is 2.57. The number of allylic oxidation sites excluding steroid dienone is 4. The lowest BCUT2D eigenvalue weighted by molar-refractivity contribution is -0.123. The second kappa shape index (κ2) is 8.43. The van der Waals surface area contributed by atoms with Gasteiger partial charge in [-0.05, 0) is 27.7 Å². The number of anilines is 1. The number of phenols is 2. The van der Waals surface area contributed by atoms with E-state index in [2.05, 4.69) is 30.6 Å². The maximum absolute atomic E-state index is 13.8. The summed E-state index contributed by atoms with van der Waals surface area (Å²) in [6, 6.07) is 0. The molecule has 1 unspecified atom stereocenters. The molecule has 12 nitrogen and oxygen atoms in total. The fourth-order valence-electron chi connectivity index (χ4n) is 4.78. The number of carbonyl (C=O) groups is 3. The second-order valence-corrected chi connectivity index (χ2v) is 9.06. The largest absolute Gasteiger partial charge is 0.507 e. The average molecular weight is 505 g/mol. The fourth-order valence-corrected chi connectivity index (χ4v) is 4.78. The number of benzene rings is 1. The number of rotatable bonds is 6. The summed E-state index contributed by atoms with van der Waals surface area (Å²) in [5.74, 6) is -2.01. The molecule has 1 aliphatic heterocycles. The zero-order valence-corrected chi connectivity index (χ0v) is 20.5. The van der Waals surface area contributed by atoms with Gasteiger partial charge < -0.3 is 30.6 Å². The van der Waals surface area contributed by atoms with Gasteiger partial charge in [0.2, 0.25) is 0 Å². The fraction of sp³-hybridized carbons (Fsp3) is 0.280. The summed E-state index contributed by atoms with van der Waals surface area (Å²) in [5.41, 5.74) is -0.167. The lowest BCUT2D eigenvalue weighted by Crippen LogP contribution is -2.41. The zero-order valence-electron chi connectivity index (χ0n) is 20.5. The van der Waals surface area contributed by atoms with E-state index in [0.717, 1.165) is 0 Å². The molecule has 0 amide bonds. The molecule has 0 spiro atoms. The Morgan fingerprint density at radius 1 is 1.14 bits per heavy atom. The molecule has 0 fully saturated rings. The van der Waals surface area contributed by atoms with E-state index in [-0.39, 0.29) is 39.5 Å². The van der Waals surface area contributed by atoms with Crippen LogP contribution in [0.5, 0.6) is 17.2 Å². The number of nitrogens with one attached hydrogen (secondary N) is 3. The average Bonchev–Trinajstić information content (AvgIpc) is 3.44. The summed E-state index contributed by atoms with van der Waals surface area (Å²) in [7, 11) is 0. The molecule has 1 aromatic carbocycles. The van der Waals surface area contributed by atoms with Crippen LogP contribution in [0.2, 0.25) is 0 Å². The molecule has 3 heterocycles. The molecule has 0 radical (unpaired) electrons. The van der Waals surface area contributed by atoms with Gasteiger partial charge in [0, 0.05) is 30.4 Å². The standard InChI is InChI=1S/C25H24N6O6/c1-10-19(34)16(12(3)32)21-17(20(10)35)25(4)14(37-21)7-13(33)15(22(25)36)11(2)26-5-6-27-23-18-24(29-8-28-18)31-9-30-23/h7-9,26,34-35H,5-6H2,1-4H3,(H2,27,28,29,30,31). The van der Waals surface area contributed by atoms with E-state index in [1.807, 2.05) is 0 Å². The Balaban J connectivity index is 1.44. The quantitative estimate of drug-likeness (QED) is 0.143. The van der Waals surface area contributed by atoms with Crippen LogP contribution in [0.3, 0.4) is 0 Å². The van der Waals surface area contributed by atoms with E-state index in [0.29, 0.717) is 35.8 Å². The van der Waals surface area contributed by atoms with Crippen LogP contribution in [0.15, 0.2) is 35.8 Å². The number of imidazole rings is 1. The van der Waals surface area contributed by atoms with Gasteiger partial charge in [-0.2, -0.15) is 0 Å². The normalized spacial score (nSPS) is 19.7. The molecule has 3 aromatic rings. The minimum atomic E-state index is -1.56. The Morgan fingerprint density at radius 3 is 2.62 bits per heavy atom. The highest BCUT2D eigenvalue weighted by Gasteiger charge is 2.56. The summed E-state index contributed by atoms with van der Waals surface area (Å²) in [4.78, 5) is 54.4. The molecule has 2 aromatic heterocycles. The van der Waals surface area contributed by atoms with Gasteiger partial charge >= 0.3 is 0 Å². The Bertz CT molecular complexity index is 1590. The number of aromatic nitrogens is 4. The molecule has 0 saturated carbocycles. The number of H-pyrrole nitrogens is 1. The molecule has 2 aliphatic rings. The number of aromatic amines is 1. The van der Waals surface area contributed by atoms with Gasteiger partial charge in [0.15, 0.2) is 28.8 Å². The van der Waals surface area contributed by atoms with Crippen molar-refractivity contribution in [3.63, 3.8) is 0 Å². The summed E-state index contributed by atoms with van der Waals surface area (Å²) < 4.78 is 5.77. The molecule has 5 rings (SSSR count). The Hall–Kier alpha value is -4.74. The highest BCUT2D eigenvalue weighted by atomic mass is 16.5. The molecule has 12 heteroatoms. The van der Waals surface area contributed by atoms with Gasteiger partial charge in [-0.25, -0.2) is 15.0 Å². The van der Waals surface area contributed by atoms with Crippen molar-refractivity contribution in [3.8, 4) is 17.2 Å². The molecule has 37 heavy (non-hydrogen) atoms. The molecule has 5 N–H and O–H groups in total. The van der Waals surface area contributed by atoms with E-state index < -0.39 is 28.5 Å². The molecule has 190 valence electrons. The van der Waals surface area contributed by atoms with E-state index in [1.165, 1.54) is 39.5 Å². The van der Waals surface area contributed by atoms with Gasteiger partial charge in [-0.15, -0.1) is 0 Å². The smallest absolute Gasteiger partial charge is 0.194 e. The van der Waals surface area contributed by atoms with Crippen LogP contribution >= 0.6 is 0 Å². The van der Waals surface area contributed by atoms with Crippen molar-refractivity contribution >= 4 is 34.3 Å². The number of aromatic hydroxyl groups is 2. The van der Waals surface area contributed by atoms with Crippen molar-refractivity contribution < 1.29 is 29.3 Å². The lowest BCUT2D eigenvalue weighted by atomic mass is 9.70. The van der Waals surface area contributed by atoms with Crippen molar-refractivity contribution in [3.05, 3.63) is 52.5 Å². The number of carbonyl (C=O) groups excluding carboxylic acids is 3. The van der Waals surface area contributed by atoms with Crippen LogP contribution in [0.1, 0.15) is 42.3 Å². The van der Waals surface area contributed by atoms with E-state index >= 15 is 0 Å². The number of ether oxygens (including phenoxy) is 1. The first-order valence-electron chi connectivity index (χ1n) is 11.5. The van der Waals surface area contributed by atoms with Crippen LogP contribution in [0.4, 0.5) is 5.82 Å². The minimum absolute atomic E-state index is 0.00847. The lowest BCUT2D eigenvalue weighted by Gasteiger charge is -2.29. The Morgan fingerprint density at radius 2 is 1.89 bits per heavy atom. The third kappa shape index (κ3) is 3.44. The molecular weight excluding hydrogens is 480 g/mol. The first kappa shape index (κ1) is 24.0. The maximum Gasteiger partial charge on any atom is 0.194 e. The number of phenolic OH excluding ortho intramolecular Hbond substituents is 2. The van der Waals surface area contributed by atoms with Crippen molar-refractivity contribution in [2.45, 2.75) is 33.1 Å². The predicted molar refractivity (Wildman–Crippen MR) is 131 cm³/mol. The Kier molecular flexibility index (Phi) is 5.46. The van der Waals surface area contributed by atoms with Gasteiger partial charge in [0.1, 0.15) is 45.8 Å². The van der Waals surface area contributed by atoms with E-state index in [4.69, 9.17) is 4.74 Å². The number of hydrogen-bond acceptors (Lipinski definition) is 11. The second-order valence-electron chi connectivity index (χ2n) is 9.06. The van der Waals surface area contributed by atoms with Gasteiger partial charge in [0.05, 0.1) is 17.5 Å². The number of nitrogens with zero attached hydrogens (tertiary/aromatic N) is 3. The van der Waals surface area contributed by atoms with Crippen molar-refractivity contribution in [2.75, 3.05) is 18.4 Å². The maximum atomic E-state index is 13.8. The van der Waals surface area contributed by atoms with Crippen LogP contribution in [-0.4, -0.2) is 60.6 Å². The van der Waals surface area contributed by atoms with Crippen LogP contribution in [0, 0.1) is 6.92 Å². The molecule has 1 atom stereocenters. The molecular formula is C25H24N6O6. The van der Waals surface area contributed by atoms with Crippen LogP contribution in [-0.2, 0) is 15.0 Å². The minimum Gasteiger partial charge on any atom is -0.507 e. The molecule has 0 bridgehead atoms. The third-order valence-corrected chi connectivity index (χ3v) is 6.79. The summed E-state index contributed by atoms with van der Waals surface area (Å²) in [5, 5.41) is 27.6. The summed E-state index contributed by atoms with van der Waals surface area (Å²) in [6.45, 7) is 6.58. The number of ketones is 3. The predicted octanol–water partition coefficient (Wildman–Crippen LogP) is 1.94. The van der Waals surface area contributed by atoms with Gasteiger partial charge in [0.25, 0.3) is 0 Å². The molecule has 1 aliphatic carbocycles. The Labute approximate surface area is 210 Å². The third-order valence-electron chi connectivity index (χ3n) is 6.79. The van der Waals surface area contributed by atoms with Crippen molar-refractivity contribution in [2.24, 2.45) is 0 Å². The van der Waals surface area contributed by atoms with Gasteiger partial charge in [-0.1, -0.05) is 0 Å². The topological polar surface area (TPSA) is 179 Å². The van der Waals surface area contributed by atoms with Crippen molar-refractivity contribution in [1.29, 1.82) is 0 Å². The summed E-state index contributed by atoms with van der Waals surface area (Å²) >= 11 is 0. The van der Waals surface area contributed by atoms with E-state index in [1.54, 1.807) is 6.92 Å². The van der Waals surface area contributed by atoms with Crippen LogP contribution < -0.4 is 15.4 Å². The van der Waals surface area contributed by atoms with Crippen LogP contribution in [0.25, 0.3) is 11.2 Å². The number of hydrogen-bond donors (Lipinski definition) is 5. The van der Waals surface area contributed by atoms with E-state index in [9.17, 15) is 24.6 Å². The number of Topliss-reactive ketones (excluding diaryl/α,β-unsaturated/α-hetero) is 2. The monoisotopic (exact) mass is 504 g/mol. The molecule has 0 saturated heterocycles. The number of fused-ring (bicyclic) bond motifs is 4. The highest BCUT2D eigenvalue weighted by molar-refractivity contribution is 6.31. The SMILES string of the molecule is CC(=O)c1c(O)c(C)c(O)c2c1OC1=CC(=O)C(=C(C)NCCNc3ncnc4nc[nH]c34)C(=O)C12C. The zero-order chi connectivity index (χ0) is 26.6. The van der Waals surface area contributed by atoms with Gasteiger partial charge in [-0.3, -0.25) is 14.4 Å². The van der Waals surface area contributed by atoms with Crippen molar-refractivity contribution in [1.82, 2.24) is 25.3 Å². The first-order valence-corrected chi connectivity index (χ1v) is 11.5.